The molecule has 1 aromatic carbocycles. The molecule has 0 radical (unpaired) electrons. The maximum atomic E-state index is 4.34. The third kappa shape index (κ3) is 3.17. The zero-order valence-corrected chi connectivity index (χ0v) is 10.1. The number of rotatable bonds is 4. The lowest BCUT2D eigenvalue weighted by molar-refractivity contribution is 1.08. The van der Waals surface area contributed by atoms with Crippen LogP contribution in [0, 0.1) is 6.92 Å². The second kappa shape index (κ2) is 5.30. The van der Waals surface area contributed by atoms with Crippen molar-refractivity contribution in [2.45, 2.75) is 13.5 Å². The predicted octanol–water partition coefficient (Wildman–Crippen LogP) is 2.44. The maximum Gasteiger partial charge on any atom is 0.147 e. The molecule has 4 heteroatoms. The molecule has 0 aliphatic heterocycles. The quantitative estimate of drug-likeness (QED) is 0.844. The van der Waals surface area contributed by atoms with Gasteiger partial charge in [-0.1, -0.05) is 29.8 Å². The molecular formula is C13H16N4. The van der Waals surface area contributed by atoms with Gasteiger partial charge in [-0.25, -0.2) is 4.98 Å². The molecule has 2 aromatic rings. The van der Waals surface area contributed by atoms with Crippen molar-refractivity contribution < 1.29 is 0 Å². The Morgan fingerprint density at radius 3 is 2.47 bits per heavy atom. The molecule has 0 fully saturated rings. The Bertz CT molecular complexity index is 479. The summed E-state index contributed by atoms with van der Waals surface area (Å²) in [5.41, 5.74) is 2.50. The molecule has 0 aliphatic rings. The first-order chi connectivity index (χ1) is 8.28. The van der Waals surface area contributed by atoms with Gasteiger partial charge in [-0.2, -0.15) is 0 Å². The van der Waals surface area contributed by atoms with Crippen LogP contribution in [-0.2, 0) is 6.54 Å². The van der Waals surface area contributed by atoms with E-state index in [4.69, 9.17) is 0 Å². The maximum absolute atomic E-state index is 4.34. The van der Waals surface area contributed by atoms with Crippen molar-refractivity contribution in [2.24, 2.45) is 0 Å². The Labute approximate surface area is 101 Å². The highest BCUT2D eigenvalue weighted by molar-refractivity contribution is 5.41. The summed E-state index contributed by atoms with van der Waals surface area (Å²) in [6.07, 6.45) is 3.41. The highest BCUT2D eigenvalue weighted by atomic mass is 15.1. The van der Waals surface area contributed by atoms with E-state index in [1.807, 2.05) is 7.05 Å². The molecule has 2 rings (SSSR count). The lowest BCUT2D eigenvalue weighted by Gasteiger charge is -2.07. The van der Waals surface area contributed by atoms with Crippen LogP contribution >= 0.6 is 0 Å². The van der Waals surface area contributed by atoms with E-state index >= 15 is 0 Å². The topological polar surface area (TPSA) is 49.8 Å². The number of aryl methyl sites for hydroxylation is 1. The van der Waals surface area contributed by atoms with Crippen molar-refractivity contribution in [1.29, 1.82) is 0 Å². The fourth-order valence-electron chi connectivity index (χ4n) is 1.47. The van der Waals surface area contributed by atoms with E-state index in [1.54, 1.807) is 12.4 Å². The summed E-state index contributed by atoms with van der Waals surface area (Å²) in [4.78, 5) is 8.43. The summed E-state index contributed by atoms with van der Waals surface area (Å²) >= 11 is 0. The summed E-state index contributed by atoms with van der Waals surface area (Å²) in [6, 6.07) is 8.43. The molecule has 1 aromatic heterocycles. The van der Waals surface area contributed by atoms with Gasteiger partial charge in [-0.3, -0.25) is 4.98 Å². The van der Waals surface area contributed by atoms with Crippen molar-refractivity contribution in [3.8, 4) is 0 Å². The molecule has 0 bridgehead atoms. The summed E-state index contributed by atoms with van der Waals surface area (Å²) in [5, 5.41) is 6.20. The summed E-state index contributed by atoms with van der Waals surface area (Å²) in [7, 11) is 1.83. The molecule has 88 valence electrons. The van der Waals surface area contributed by atoms with Gasteiger partial charge in [0.05, 0.1) is 12.4 Å². The Morgan fingerprint density at radius 2 is 1.76 bits per heavy atom. The van der Waals surface area contributed by atoms with Crippen molar-refractivity contribution in [3.63, 3.8) is 0 Å². The molecule has 0 saturated heterocycles. The van der Waals surface area contributed by atoms with Crippen LogP contribution in [-0.4, -0.2) is 17.0 Å². The van der Waals surface area contributed by atoms with Crippen molar-refractivity contribution in [3.05, 3.63) is 47.8 Å². The monoisotopic (exact) mass is 228 g/mol. The van der Waals surface area contributed by atoms with Crippen LogP contribution in [0.1, 0.15) is 11.1 Å². The minimum absolute atomic E-state index is 0.752. The van der Waals surface area contributed by atoms with Gasteiger partial charge >= 0.3 is 0 Å². The number of hydrogen-bond acceptors (Lipinski definition) is 4. The van der Waals surface area contributed by atoms with Crippen LogP contribution < -0.4 is 10.6 Å². The first-order valence-electron chi connectivity index (χ1n) is 5.57. The summed E-state index contributed by atoms with van der Waals surface area (Å²) in [6.45, 7) is 2.83. The Hall–Kier alpha value is -2.10. The smallest absolute Gasteiger partial charge is 0.147 e. The van der Waals surface area contributed by atoms with E-state index in [1.165, 1.54) is 11.1 Å². The van der Waals surface area contributed by atoms with Crippen LogP contribution in [0.4, 0.5) is 11.6 Å². The minimum Gasteiger partial charge on any atom is -0.372 e. The Kier molecular flexibility index (Phi) is 3.55. The molecule has 17 heavy (non-hydrogen) atoms. The fourth-order valence-corrected chi connectivity index (χ4v) is 1.47. The van der Waals surface area contributed by atoms with Crippen molar-refractivity contribution in [1.82, 2.24) is 9.97 Å². The molecule has 0 saturated carbocycles. The van der Waals surface area contributed by atoms with Crippen LogP contribution in [0.3, 0.4) is 0 Å². The van der Waals surface area contributed by atoms with Crippen LogP contribution in [0.2, 0.25) is 0 Å². The van der Waals surface area contributed by atoms with E-state index in [0.717, 1.165) is 18.2 Å². The minimum atomic E-state index is 0.752. The second-order valence-electron chi connectivity index (χ2n) is 3.88. The highest BCUT2D eigenvalue weighted by Gasteiger charge is 1.97. The first kappa shape index (κ1) is 11.4. The molecule has 2 N–H and O–H groups in total. The third-order valence-corrected chi connectivity index (χ3v) is 2.48. The van der Waals surface area contributed by atoms with E-state index in [2.05, 4.69) is 51.8 Å². The summed E-state index contributed by atoms with van der Waals surface area (Å²) in [5.74, 6) is 1.54. The van der Waals surface area contributed by atoms with E-state index in [9.17, 15) is 0 Å². The third-order valence-electron chi connectivity index (χ3n) is 2.48. The molecule has 1 heterocycles. The van der Waals surface area contributed by atoms with Gasteiger partial charge in [0.25, 0.3) is 0 Å². The van der Waals surface area contributed by atoms with Gasteiger partial charge in [0, 0.05) is 13.6 Å². The lowest BCUT2D eigenvalue weighted by atomic mass is 10.1. The number of hydrogen-bond donors (Lipinski definition) is 2. The zero-order valence-electron chi connectivity index (χ0n) is 10.1. The van der Waals surface area contributed by atoms with E-state index in [0.29, 0.717) is 0 Å². The fraction of sp³-hybridized carbons (Fsp3) is 0.231. The Morgan fingerprint density at radius 1 is 1.06 bits per heavy atom. The first-order valence-corrected chi connectivity index (χ1v) is 5.57. The number of anilines is 2. The van der Waals surface area contributed by atoms with Crippen LogP contribution in [0.25, 0.3) is 0 Å². The molecule has 0 amide bonds. The van der Waals surface area contributed by atoms with Crippen molar-refractivity contribution >= 4 is 11.6 Å². The normalized spacial score (nSPS) is 10.0. The molecule has 0 spiro atoms. The second-order valence-corrected chi connectivity index (χ2v) is 3.88. The van der Waals surface area contributed by atoms with Crippen LogP contribution in [0.15, 0.2) is 36.7 Å². The number of nitrogens with zero attached hydrogens (tertiary/aromatic N) is 2. The van der Waals surface area contributed by atoms with Gasteiger partial charge < -0.3 is 10.6 Å². The average molecular weight is 228 g/mol. The molecule has 0 unspecified atom stereocenters. The van der Waals surface area contributed by atoms with E-state index in [-0.39, 0.29) is 0 Å². The van der Waals surface area contributed by atoms with E-state index < -0.39 is 0 Å². The molecular weight excluding hydrogens is 212 g/mol. The van der Waals surface area contributed by atoms with Gasteiger partial charge in [0.2, 0.25) is 0 Å². The standard InChI is InChI=1S/C13H16N4/c1-10-3-5-11(6-4-10)7-16-13-9-15-8-12(14-2)17-13/h3-6,8-9H,7H2,1-2H3,(H2,14,16,17). The van der Waals surface area contributed by atoms with Gasteiger partial charge in [0.1, 0.15) is 11.6 Å². The number of aromatic nitrogens is 2. The largest absolute Gasteiger partial charge is 0.372 e. The van der Waals surface area contributed by atoms with Gasteiger partial charge in [0.15, 0.2) is 0 Å². The van der Waals surface area contributed by atoms with Crippen molar-refractivity contribution in [2.75, 3.05) is 17.7 Å². The lowest BCUT2D eigenvalue weighted by Crippen LogP contribution is -2.03. The Balaban J connectivity index is 1.99. The summed E-state index contributed by atoms with van der Waals surface area (Å²) < 4.78 is 0. The predicted molar refractivity (Wildman–Crippen MR) is 70.1 cm³/mol. The van der Waals surface area contributed by atoms with Gasteiger partial charge in [-0.15, -0.1) is 0 Å². The molecule has 0 aliphatic carbocycles. The van der Waals surface area contributed by atoms with Gasteiger partial charge in [-0.05, 0) is 12.5 Å². The van der Waals surface area contributed by atoms with Crippen LogP contribution in [0.5, 0.6) is 0 Å². The molecule has 4 nitrogen and oxygen atoms in total. The number of nitrogens with one attached hydrogen (secondary N) is 2. The SMILES string of the molecule is CNc1cncc(NCc2ccc(C)cc2)n1. The molecule has 0 atom stereocenters. The highest BCUT2D eigenvalue weighted by Crippen LogP contribution is 2.09. The average Bonchev–Trinajstić information content (AvgIpc) is 2.38. The zero-order chi connectivity index (χ0) is 12.1. The number of benzene rings is 1.